The van der Waals surface area contributed by atoms with Crippen LogP contribution in [0, 0.1) is 11.3 Å². The molecule has 0 aliphatic rings. The third-order valence-corrected chi connectivity index (χ3v) is 3.32. The largest absolute Gasteiger partial charge is 0.327 e. The lowest BCUT2D eigenvalue weighted by molar-refractivity contribution is 0.682. The summed E-state index contributed by atoms with van der Waals surface area (Å²) in [6.07, 6.45) is 4.87. The highest BCUT2D eigenvalue weighted by molar-refractivity contribution is 5.76. The predicted octanol–water partition coefficient (Wildman–Crippen LogP) is 2.74. The van der Waals surface area contributed by atoms with Crippen molar-refractivity contribution in [1.29, 1.82) is 5.26 Å². The van der Waals surface area contributed by atoms with Crippen molar-refractivity contribution in [1.82, 2.24) is 14.5 Å². The molecule has 4 heteroatoms. The molecule has 0 N–H and O–H groups in total. The summed E-state index contributed by atoms with van der Waals surface area (Å²) in [5, 5.41) is 8.94. The smallest absolute Gasteiger partial charge is 0.124 e. The van der Waals surface area contributed by atoms with E-state index in [0.717, 1.165) is 29.8 Å². The van der Waals surface area contributed by atoms with Crippen LogP contribution in [0.5, 0.6) is 0 Å². The lowest BCUT2D eigenvalue weighted by atomic mass is 10.2. The zero-order valence-electron chi connectivity index (χ0n) is 11.0. The average molecular weight is 262 g/mol. The van der Waals surface area contributed by atoms with Crippen molar-refractivity contribution in [2.45, 2.75) is 19.4 Å². The molecule has 0 atom stereocenters. The molecular formula is C16H14N4. The number of fused-ring (bicyclic) bond motifs is 1. The molecule has 0 aliphatic carbocycles. The summed E-state index contributed by atoms with van der Waals surface area (Å²) >= 11 is 0. The third-order valence-electron chi connectivity index (χ3n) is 3.32. The van der Waals surface area contributed by atoms with Gasteiger partial charge >= 0.3 is 0 Å². The maximum absolute atomic E-state index is 8.94. The van der Waals surface area contributed by atoms with Gasteiger partial charge in [-0.15, -0.1) is 0 Å². The number of para-hydroxylation sites is 2. The van der Waals surface area contributed by atoms with Crippen molar-refractivity contribution in [3.8, 4) is 6.07 Å². The van der Waals surface area contributed by atoms with Gasteiger partial charge in [0.05, 0.1) is 23.5 Å². The highest BCUT2D eigenvalue weighted by Gasteiger charge is 2.09. The second-order valence-corrected chi connectivity index (χ2v) is 4.61. The minimum atomic E-state index is 0.335. The fraction of sp³-hybridized carbons (Fsp3) is 0.188. The summed E-state index contributed by atoms with van der Waals surface area (Å²) in [5.74, 6) is 0.831. The Balaban J connectivity index is 1.93. The van der Waals surface area contributed by atoms with Gasteiger partial charge in [0.15, 0.2) is 0 Å². The minimum absolute atomic E-state index is 0.335. The zero-order chi connectivity index (χ0) is 13.8. The Bertz CT molecular complexity index is 753. The SMILES string of the molecule is N#CCc1nc2ccccc2n1CCc1cccnc1. The Morgan fingerprint density at radius 2 is 2.05 bits per heavy atom. The van der Waals surface area contributed by atoms with Gasteiger partial charge in [-0.3, -0.25) is 4.98 Å². The van der Waals surface area contributed by atoms with E-state index < -0.39 is 0 Å². The molecule has 0 bridgehead atoms. The van der Waals surface area contributed by atoms with Crippen molar-refractivity contribution in [2.24, 2.45) is 0 Å². The Labute approximate surface area is 117 Å². The number of nitriles is 1. The monoisotopic (exact) mass is 262 g/mol. The number of nitrogens with zero attached hydrogens (tertiary/aromatic N) is 4. The number of imidazole rings is 1. The van der Waals surface area contributed by atoms with Crippen LogP contribution in [0.3, 0.4) is 0 Å². The normalized spacial score (nSPS) is 10.6. The molecule has 2 heterocycles. The molecule has 0 radical (unpaired) electrons. The number of rotatable bonds is 4. The maximum Gasteiger partial charge on any atom is 0.124 e. The van der Waals surface area contributed by atoms with E-state index in [0.29, 0.717) is 6.42 Å². The molecule has 0 fully saturated rings. The first-order chi connectivity index (χ1) is 9.88. The van der Waals surface area contributed by atoms with Crippen LogP contribution in [0.2, 0.25) is 0 Å². The fourth-order valence-corrected chi connectivity index (χ4v) is 2.37. The fourth-order valence-electron chi connectivity index (χ4n) is 2.37. The van der Waals surface area contributed by atoms with E-state index in [2.05, 4.69) is 26.7 Å². The maximum atomic E-state index is 8.94. The second-order valence-electron chi connectivity index (χ2n) is 4.61. The molecule has 2 aromatic heterocycles. The van der Waals surface area contributed by atoms with Crippen LogP contribution in [-0.4, -0.2) is 14.5 Å². The van der Waals surface area contributed by atoms with Gasteiger partial charge in [0.2, 0.25) is 0 Å². The summed E-state index contributed by atoms with van der Waals surface area (Å²) in [4.78, 5) is 8.67. The van der Waals surface area contributed by atoms with Crippen LogP contribution in [0.15, 0.2) is 48.8 Å². The summed E-state index contributed by atoms with van der Waals surface area (Å²) < 4.78 is 2.13. The molecular weight excluding hydrogens is 248 g/mol. The van der Waals surface area contributed by atoms with Crippen LogP contribution >= 0.6 is 0 Å². The van der Waals surface area contributed by atoms with Gasteiger partial charge in [0.25, 0.3) is 0 Å². The van der Waals surface area contributed by atoms with Crippen molar-refractivity contribution in [3.05, 3.63) is 60.2 Å². The van der Waals surface area contributed by atoms with Gasteiger partial charge < -0.3 is 4.57 Å². The summed E-state index contributed by atoms with van der Waals surface area (Å²) in [6, 6.07) is 14.2. The van der Waals surface area contributed by atoms with E-state index in [1.807, 2.05) is 36.5 Å². The molecule has 0 amide bonds. The van der Waals surface area contributed by atoms with Crippen LogP contribution < -0.4 is 0 Å². The molecule has 0 spiro atoms. The number of aromatic nitrogens is 3. The summed E-state index contributed by atoms with van der Waals surface area (Å²) in [5.41, 5.74) is 3.22. The average Bonchev–Trinajstić information content (AvgIpc) is 2.84. The topological polar surface area (TPSA) is 54.5 Å². The Hall–Kier alpha value is -2.67. The molecule has 0 unspecified atom stereocenters. The Morgan fingerprint density at radius 1 is 1.15 bits per heavy atom. The number of benzene rings is 1. The van der Waals surface area contributed by atoms with Crippen molar-refractivity contribution in [3.63, 3.8) is 0 Å². The summed E-state index contributed by atoms with van der Waals surface area (Å²) in [6.45, 7) is 0.809. The van der Waals surface area contributed by atoms with Crippen LogP contribution in [0.4, 0.5) is 0 Å². The van der Waals surface area contributed by atoms with E-state index >= 15 is 0 Å². The zero-order valence-corrected chi connectivity index (χ0v) is 11.0. The van der Waals surface area contributed by atoms with E-state index in [9.17, 15) is 0 Å². The molecule has 1 aromatic carbocycles. The highest BCUT2D eigenvalue weighted by atomic mass is 15.1. The van der Waals surface area contributed by atoms with Crippen molar-refractivity contribution >= 4 is 11.0 Å². The van der Waals surface area contributed by atoms with Crippen LogP contribution in [0.25, 0.3) is 11.0 Å². The Kier molecular flexibility index (Phi) is 3.42. The molecule has 98 valence electrons. The molecule has 20 heavy (non-hydrogen) atoms. The first kappa shape index (κ1) is 12.4. The molecule has 4 nitrogen and oxygen atoms in total. The number of aryl methyl sites for hydroxylation is 2. The van der Waals surface area contributed by atoms with Gasteiger partial charge in [0, 0.05) is 18.9 Å². The predicted molar refractivity (Wildman–Crippen MR) is 77.0 cm³/mol. The van der Waals surface area contributed by atoms with Crippen LogP contribution in [0.1, 0.15) is 11.4 Å². The van der Waals surface area contributed by atoms with Gasteiger partial charge in [-0.05, 0) is 30.2 Å². The minimum Gasteiger partial charge on any atom is -0.327 e. The number of hydrogen-bond donors (Lipinski definition) is 0. The van der Waals surface area contributed by atoms with E-state index in [1.165, 1.54) is 5.56 Å². The lowest BCUT2D eigenvalue weighted by Gasteiger charge is -2.07. The molecule has 0 aliphatic heterocycles. The van der Waals surface area contributed by atoms with Gasteiger partial charge in [0.1, 0.15) is 5.82 Å². The number of pyridine rings is 1. The molecule has 0 saturated heterocycles. The van der Waals surface area contributed by atoms with E-state index in [1.54, 1.807) is 6.20 Å². The van der Waals surface area contributed by atoms with E-state index in [4.69, 9.17) is 5.26 Å². The highest BCUT2D eigenvalue weighted by Crippen LogP contribution is 2.17. The molecule has 3 rings (SSSR count). The Morgan fingerprint density at radius 3 is 2.85 bits per heavy atom. The first-order valence-electron chi connectivity index (χ1n) is 6.58. The van der Waals surface area contributed by atoms with Gasteiger partial charge in [-0.1, -0.05) is 18.2 Å². The second kappa shape index (κ2) is 5.54. The quantitative estimate of drug-likeness (QED) is 0.726. The molecule has 0 saturated carbocycles. The third kappa shape index (κ3) is 2.39. The standard InChI is InChI=1S/C16H14N4/c17-9-7-16-19-14-5-1-2-6-15(14)20(16)11-8-13-4-3-10-18-12-13/h1-6,10,12H,7-8,11H2. The number of hydrogen-bond acceptors (Lipinski definition) is 3. The van der Waals surface area contributed by atoms with Crippen molar-refractivity contribution < 1.29 is 0 Å². The van der Waals surface area contributed by atoms with Gasteiger partial charge in [-0.2, -0.15) is 5.26 Å². The van der Waals surface area contributed by atoms with E-state index in [-0.39, 0.29) is 0 Å². The van der Waals surface area contributed by atoms with Gasteiger partial charge in [-0.25, -0.2) is 4.98 Å². The van der Waals surface area contributed by atoms with Crippen molar-refractivity contribution in [2.75, 3.05) is 0 Å². The molecule has 3 aromatic rings. The lowest BCUT2D eigenvalue weighted by Crippen LogP contribution is -2.06. The van der Waals surface area contributed by atoms with Crippen LogP contribution in [-0.2, 0) is 19.4 Å². The first-order valence-corrected chi connectivity index (χ1v) is 6.58. The summed E-state index contributed by atoms with van der Waals surface area (Å²) in [7, 11) is 0.